The van der Waals surface area contributed by atoms with Crippen molar-refractivity contribution in [2.24, 2.45) is 0 Å². The standard InChI is InChI=1S/C24H25ClN6O2/c1-24(2,3)18-6-10-20(11-7-18)33-16-30-13-12-21(28-30)22(32)27-23-26-15-31(29-23)14-17-4-8-19(25)9-5-17/h4-13,15H,14,16H2,1-3H3,(H,27,29,32). The van der Waals surface area contributed by atoms with Crippen LogP contribution in [0, 0.1) is 0 Å². The maximum atomic E-state index is 12.5. The van der Waals surface area contributed by atoms with Gasteiger partial charge in [0.25, 0.3) is 5.91 Å². The number of halogens is 1. The van der Waals surface area contributed by atoms with Crippen molar-refractivity contribution in [3.8, 4) is 5.75 Å². The topological polar surface area (TPSA) is 86.9 Å². The summed E-state index contributed by atoms with van der Waals surface area (Å²) >= 11 is 5.91. The fraction of sp³-hybridized carbons (Fsp3) is 0.250. The second-order valence-corrected chi connectivity index (χ2v) is 9.07. The van der Waals surface area contributed by atoms with Crippen LogP contribution in [0.2, 0.25) is 5.02 Å². The first kappa shape index (κ1) is 22.5. The molecule has 0 aliphatic rings. The molecular formula is C24H25ClN6O2. The molecule has 4 rings (SSSR count). The Morgan fingerprint density at radius 3 is 2.42 bits per heavy atom. The van der Waals surface area contributed by atoms with E-state index in [-0.39, 0.29) is 23.8 Å². The van der Waals surface area contributed by atoms with Crippen LogP contribution in [0.15, 0.2) is 67.1 Å². The molecule has 0 saturated heterocycles. The lowest BCUT2D eigenvalue weighted by Crippen LogP contribution is -2.15. The SMILES string of the molecule is CC(C)(C)c1ccc(OCn2ccc(C(=O)Nc3ncn(Cc4ccc(Cl)cc4)n3)n2)cc1. The Hall–Kier alpha value is -3.65. The molecule has 0 spiro atoms. The molecule has 33 heavy (non-hydrogen) atoms. The molecule has 1 N–H and O–H groups in total. The number of aromatic nitrogens is 5. The molecule has 0 aliphatic heterocycles. The van der Waals surface area contributed by atoms with Crippen LogP contribution >= 0.6 is 11.6 Å². The molecule has 170 valence electrons. The summed E-state index contributed by atoms with van der Waals surface area (Å²) in [6.45, 7) is 7.20. The Bertz CT molecular complexity index is 1220. The molecule has 0 bridgehead atoms. The van der Waals surface area contributed by atoms with Gasteiger partial charge in [-0.05, 0) is 46.9 Å². The molecule has 0 saturated carbocycles. The van der Waals surface area contributed by atoms with Crippen molar-refractivity contribution in [2.45, 2.75) is 39.5 Å². The zero-order valence-corrected chi connectivity index (χ0v) is 19.5. The van der Waals surface area contributed by atoms with Crippen LogP contribution in [0.3, 0.4) is 0 Å². The van der Waals surface area contributed by atoms with Gasteiger partial charge in [0.05, 0.1) is 6.54 Å². The second kappa shape index (κ2) is 9.46. The molecule has 0 aliphatic carbocycles. The molecule has 0 unspecified atom stereocenters. The zero-order valence-electron chi connectivity index (χ0n) is 18.7. The molecule has 4 aromatic rings. The number of hydrogen-bond donors (Lipinski definition) is 1. The minimum Gasteiger partial charge on any atom is -0.471 e. The van der Waals surface area contributed by atoms with Gasteiger partial charge >= 0.3 is 0 Å². The molecule has 2 heterocycles. The van der Waals surface area contributed by atoms with Gasteiger partial charge < -0.3 is 4.74 Å². The third-order valence-electron chi connectivity index (χ3n) is 4.98. The van der Waals surface area contributed by atoms with Crippen molar-refractivity contribution in [3.05, 3.63) is 89.0 Å². The molecule has 0 atom stereocenters. The summed E-state index contributed by atoms with van der Waals surface area (Å²) in [4.78, 5) is 16.6. The number of nitrogens with one attached hydrogen (secondary N) is 1. The first-order valence-corrected chi connectivity index (χ1v) is 10.9. The summed E-state index contributed by atoms with van der Waals surface area (Å²) in [5, 5.41) is 11.9. The molecule has 1 amide bonds. The number of amides is 1. The Morgan fingerprint density at radius 2 is 1.73 bits per heavy atom. The highest BCUT2D eigenvalue weighted by molar-refractivity contribution is 6.30. The van der Waals surface area contributed by atoms with Crippen molar-refractivity contribution in [2.75, 3.05) is 5.32 Å². The van der Waals surface area contributed by atoms with Gasteiger partial charge in [0.15, 0.2) is 12.4 Å². The molecular weight excluding hydrogens is 440 g/mol. The van der Waals surface area contributed by atoms with Crippen molar-refractivity contribution >= 4 is 23.5 Å². The van der Waals surface area contributed by atoms with E-state index in [0.29, 0.717) is 11.6 Å². The van der Waals surface area contributed by atoms with Gasteiger partial charge in [0, 0.05) is 11.2 Å². The van der Waals surface area contributed by atoms with Gasteiger partial charge in [-0.1, -0.05) is 56.6 Å². The monoisotopic (exact) mass is 464 g/mol. The quantitative estimate of drug-likeness (QED) is 0.426. The number of carbonyl (C=O) groups is 1. The van der Waals surface area contributed by atoms with E-state index in [4.69, 9.17) is 16.3 Å². The average Bonchev–Trinajstić information content (AvgIpc) is 3.43. The van der Waals surface area contributed by atoms with Crippen LogP contribution in [0.4, 0.5) is 5.95 Å². The predicted octanol–water partition coefficient (Wildman–Crippen LogP) is 4.76. The van der Waals surface area contributed by atoms with Crippen LogP contribution in [0.5, 0.6) is 5.75 Å². The number of hydrogen-bond acceptors (Lipinski definition) is 5. The Balaban J connectivity index is 1.31. The summed E-state index contributed by atoms with van der Waals surface area (Å²) in [6, 6.07) is 17.0. The van der Waals surface area contributed by atoms with Gasteiger partial charge in [0.2, 0.25) is 5.95 Å². The molecule has 2 aromatic carbocycles. The van der Waals surface area contributed by atoms with E-state index in [1.54, 1.807) is 28.0 Å². The zero-order chi connectivity index (χ0) is 23.4. The smallest absolute Gasteiger partial charge is 0.278 e. The van der Waals surface area contributed by atoms with Gasteiger partial charge in [0.1, 0.15) is 12.1 Å². The van der Waals surface area contributed by atoms with Gasteiger partial charge in [-0.15, -0.1) is 5.10 Å². The number of nitrogens with zero attached hydrogens (tertiary/aromatic N) is 5. The van der Waals surface area contributed by atoms with Crippen LogP contribution in [-0.2, 0) is 18.7 Å². The van der Waals surface area contributed by atoms with Crippen molar-refractivity contribution < 1.29 is 9.53 Å². The van der Waals surface area contributed by atoms with Crippen molar-refractivity contribution in [1.29, 1.82) is 0 Å². The van der Waals surface area contributed by atoms with E-state index >= 15 is 0 Å². The van der Waals surface area contributed by atoms with Crippen molar-refractivity contribution in [1.82, 2.24) is 24.5 Å². The van der Waals surface area contributed by atoms with Crippen LogP contribution in [0.1, 0.15) is 42.4 Å². The van der Waals surface area contributed by atoms with Gasteiger partial charge in [-0.2, -0.15) is 5.10 Å². The predicted molar refractivity (Wildman–Crippen MR) is 127 cm³/mol. The van der Waals surface area contributed by atoms with E-state index in [1.807, 2.05) is 36.4 Å². The van der Waals surface area contributed by atoms with Crippen molar-refractivity contribution in [3.63, 3.8) is 0 Å². The largest absolute Gasteiger partial charge is 0.471 e. The summed E-state index contributed by atoms with van der Waals surface area (Å²) in [7, 11) is 0. The molecule has 9 heteroatoms. The third-order valence-corrected chi connectivity index (χ3v) is 5.23. The summed E-state index contributed by atoms with van der Waals surface area (Å²) in [5.41, 5.74) is 2.59. The average molecular weight is 465 g/mol. The highest BCUT2D eigenvalue weighted by Gasteiger charge is 2.14. The van der Waals surface area contributed by atoms with Crippen LogP contribution in [0.25, 0.3) is 0 Å². The van der Waals surface area contributed by atoms with E-state index in [0.717, 1.165) is 11.3 Å². The van der Waals surface area contributed by atoms with E-state index < -0.39 is 5.91 Å². The molecule has 2 aromatic heterocycles. The van der Waals surface area contributed by atoms with Gasteiger partial charge in [-0.25, -0.2) is 14.3 Å². The first-order chi connectivity index (χ1) is 15.8. The number of benzene rings is 2. The maximum Gasteiger partial charge on any atom is 0.278 e. The lowest BCUT2D eigenvalue weighted by molar-refractivity contribution is 0.101. The van der Waals surface area contributed by atoms with Gasteiger partial charge in [-0.3, -0.25) is 10.1 Å². The molecule has 0 radical (unpaired) electrons. The molecule has 0 fully saturated rings. The highest BCUT2D eigenvalue weighted by Crippen LogP contribution is 2.24. The Morgan fingerprint density at radius 1 is 1.00 bits per heavy atom. The Labute approximate surface area is 197 Å². The summed E-state index contributed by atoms with van der Waals surface area (Å²) < 4.78 is 8.96. The number of rotatable bonds is 7. The van der Waals surface area contributed by atoms with E-state index in [9.17, 15) is 4.79 Å². The number of ether oxygens (including phenoxy) is 1. The normalized spacial score (nSPS) is 11.4. The lowest BCUT2D eigenvalue weighted by Gasteiger charge is -2.19. The number of carbonyl (C=O) groups excluding carboxylic acids is 1. The number of anilines is 1. The first-order valence-electron chi connectivity index (χ1n) is 10.5. The highest BCUT2D eigenvalue weighted by atomic mass is 35.5. The lowest BCUT2D eigenvalue weighted by atomic mass is 9.87. The second-order valence-electron chi connectivity index (χ2n) is 8.63. The third kappa shape index (κ3) is 5.98. The minimum atomic E-state index is -0.396. The molecule has 8 nitrogen and oxygen atoms in total. The minimum absolute atomic E-state index is 0.0866. The van der Waals surface area contributed by atoms with Crippen LogP contribution in [-0.4, -0.2) is 30.5 Å². The maximum absolute atomic E-state index is 12.5. The summed E-state index contributed by atoms with van der Waals surface area (Å²) in [5.74, 6) is 0.547. The van der Waals surface area contributed by atoms with E-state index in [2.05, 4.69) is 53.4 Å². The van der Waals surface area contributed by atoms with Crippen LogP contribution < -0.4 is 10.1 Å². The fourth-order valence-corrected chi connectivity index (χ4v) is 3.24. The van der Waals surface area contributed by atoms with E-state index in [1.165, 1.54) is 5.56 Å². The summed E-state index contributed by atoms with van der Waals surface area (Å²) in [6.07, 6.45) is 3.24. The fourth-order valence-electron chi connectivity index (χ4n) is 3.12. The Kier molecular flexibility index (Phi) is 6.46.